The summed E-state index contributed by atoms with van der Waals surface area (Å²) in [6.07, 6.45) is 73.8. The first-order chi connectivity index (χ1) is 32.6. The van der Waals surface area contributed by atoms with Gasteiger partial charge in [0.05, 0.1) is 18.8 Å². The Balaban J connectivity index is 3.54. The molecular weight excluding hydrogens is 811 g/mol. The van der Waals surface area contributed by atoms with E-state index in [0.717, 1.165) is 38.5 Å². The van der Waals surface area contributed by atoms with Crippen LogP contribution >= 0.6 is 0 Å². The summed E-state index contributed by atoms with van der Waals surface area (Å²) in [5.41, 5.74) is 0. The van der Waals surface area contributed by atoms with E-state index in [4.69, 9.17) is 0 Å². The van der Waals surface area contributed by atoms with Gasteiger partial charge >= 0.3 is 0 Å². The van der Waals surface area contributed by atoms with Crippen molar-refractivity contribution in [2.24, 2.45) is 0 Å². The van der Waals surface area contributed by atoms with Crippen molar-refractivity contribution in [1.82, 2.24) is 5.32 Å². The highest BCUT2D eigenvalue weighted by atomic mass is 16.3. The van der Waals surface area contributed by atoms with Gasteiger partial charge in [-0.15, -0.1) is 0 Å². The monoisotopic (exact) mass is 928 g/mol. The molecule has 0 radical (unpaired) electrons. The lowest BCUT2D eigenvalue weighted by Gasteiger charge is -2.21. The Morgan fingerprint density at radius 3 is 0.955 bits per heavy atom. The largest absolute Gasteiger partial charge is 0.394 e. The number of rotatable bonds is 55. The highest BCUT2D eigenvalue weighted by Crippen LogP contribution is 2.17. The number of aliphatic hydroxyl groups excluding tert-OH is 3. The summed E-state index contributed by atoms with van der Waals surface area (Å²) in [6.45, 7) is 4.22. The zero-order chi connectivity index (χ0) is 47.9. The zero-order valence-corrected chi connectivity index (χ0v) is 44.6. The van der Waals surface area contributed by atoms with Crippen molar-refractivity contribution in [2.45, 2.75) is 340 Å². The second kappa shape index (κ2) is 56.2. The van der Waals surface area contributed by atoms with E-state index in [0.29, 0.717) is 6.42 Å². The fourth-order valence-corrected chi connectivity index (χ4v) is 9.34. The second-order valence-corrected chi connectivity index (χ2v) is 20.6. The molecule has 390 valence electrons. The molecule has 0 aromatic heterocycles. The van der Waals surface area contributed by atoms with Gasteiger partial charge < -0.3 is 20.6 Å². The minimum atomic E-state index is -1.10. The van der Waals surface area contributed by atoms with Crippen molar-refractivity contribution < 1.29 is 20.1 Å². The number of nitrogens with one attached hydrogen (secondary N) is 1. The van der Waals surface area contributed by atoms with E-state index in [1.807, 2.05) is 6.08 Å². The van der Waals surface area contributed by atoms with Crippen LogP contribution in [-0.4, -0.2) is 46.1 Å². The SMILES string of the molecule is CCCCCCCCCCC/C=C\C/C=C\CCCCCCCCCCCCCCCCCCC(O)C(=O)NC(CO)C(O)/C=C/CCCCCCCCCCCCCCCCCCCC. The van der Waals surface area contributed by atoms with Crippen LogP contribution in [0.25, 0.3) is 0 Å². The van der Waals surface area contributed by atoms with Gasteiger partial charge in [-0.3, -0.25) is 4.79 Å². The van der Waals surface area contributed by atoms with E-state index in [1.54, 1.807) is 6.08 Å². The minimum Gasteiger partial charge on any atom is -0.394 e. The average molecular weight is 929 g/mol. The molecule has 0 bridgehead atoms. The molecule has 3 atom stereocenters. The van der Waals surface area contributed by atoms with Gasteiger partial charge in [0.25, 0.3) is 0 Å². The molecular formula is C61H117NO4. The van der Waals surface area contributed by atoms with Crippen LogP contribution in [0.1, 0.15) is 322 Å². The number of aliphatic hydroxyl groups is 3. The number of unbranched alkanes of at least 4 members (excludes halogenated alkanes) is 43. The van der Waals surface area contributed by atoms with Crippen LogP contribution in [-0.2, 0) is 4.79 Å². The molecule has 0 aliphatic carbocycles. The first kappa shape index (κ1) is 64.6. The molecule has 0 rings (SSSR count). The third-order valence-corrected chi connectivity index (χ3v) is 14.0. The van der Waals surface area contributed by atoms with Gasteiger partial charge in [-0.05, 0) is 51.4 Å². The molecule has 0 saturated carbocycles. The number of carbonyl (C=O) groups excluding carboxylic acids is 1. The summed E-state index contributed by atoms with van der Waals surface area (Å²) >= 11 is 0. The average Bonchev–Trinajstić information content (AvgIpc) is 3.32. The predicted octanol–water partition coefficient (Wildman–Crippen LogP) is 18.6. The van der Waals surface area contributed by atoms with Crippen LogP contribution in [0.15, 0.2) is 36.5 Å². The van der Waals surface area contributed by atoms with Crippen LogP contribution in [0.2, 0.25) is 0 Å². The molecule has 5 nitrogen and oxygen atoms in total. The van der Waals surface area contributed by atoms with Crippen molar-refractivity contribution in [1.29, 1.82) is 0 Å². The molecule has 0 fully saturated rings. The molecule has 3 unspecified atom stereocenters. The maximum absolute atomic E-state index is 12.6. The van der Waals surface area contributed by atoms with E-state index in [2.05, 4.69) is 43.5 Å². The van der Waals surface area contributed by atoms with Crippen molar-refractivity contribution in [2.75, 3.05) is 6.61 Å². The number of allylic oxidation sites excluding steroid dienone is 5. The lowest BCUT2D eigenvalue weighted by atomic mass is 10.0. The fourth-order valence-electron chi connectivity index (χ4n) is 9.34. The van der Waals surface area contributed by atoms with Gasteiger partial charge in [0, 0.05) is 0 Å². The van der Waals surface area contributed by atoms with E-state index < -0.39 is 24.2 Å². The second-order valence-electron chi connectivity index (χ2n) is 20.6. The molecule has 0 aliphatic heterocycles. The van der Waals surface area contributed by atoms with E-state index >= 15 is 0 Å². The normalized spacial score (nSPS) is 13.5. The number of hydrogen-bond acceptors (Lipinski definition) is 4. The molecule has 66 heavy (non-hydrogen) atoms. The maximum atomic E-state index is 12.6. The molecule has 0 spiro atoms. The topological polar surface area (TPSA) is 89.8 Å². The quantitative estimate of drug-likeness (QED) is 0.0361. The molecule has 5 heteroatoms. The Hall–Kier alpha value is -1.43. The summed E-state index contributed by atoms with van der Waals surface area (Å²) < 4.78 is 0. The smallest absolute Gasteiger partial charge is 0.249 e. The Kier molecular flexibility index (Phi) is 54.9. The summed E-state index contributed by atoms with van der Waals surface area (Å²) in [5.74, 6) is -0.499. The summed E-state index contributed by atoms with van der Waals surface area (Å²) in [7, 11) is 0. The van der Waals surface area contributed by atoms with Gasteiger partial charge in [0.1, 0.15) is 6.10 Å². The first-order valence-electron chi connectivity index (χ1n) is 29.8. The van der Waals surface area contributed by atoms with Crippen molar-refractivity contribution >= 4 is 5.91 Å². The van der Waals surface area contributed by atoms with E-state index in [1.165, 1.54) is 263 Å². The van der Waals surface area contributed by atoms with Gasteiger partial charge in [-0.25, -0.2) is 0 Å². The van der Waals surface area contributed by atoms with Crippen molar-refractivity contribution in [3.05, 3.63) is 36.5 Å². The highest BCUT2D eigenvalue weighted by Gasteiger charge is 2.22. The van der Waals surface area contributed by atoms with Crippen LogP contribution in [0, 0.1) is 0 Å². The minimum absolute atomic E-state index is 0.361. The number of amides is 1. The van der Waals surface area contributed by atoms with E-state index in [9.17, 15) is 20.1 Å². The van der Waals surface area contributed by atoms with Gasteiger partial charge in [0.15, 0.2) is 0 Å². The molecule has 1 amide bonds. The lowest BCUT2D eigenvalue weighted by molar-refractivity contribution is -0.131. The summed E-state index contributed by atoms with van der Waals surface area (Å²) in [5, 5.41) is 33.4. The Labute approximate surface area is 413 Å². The van der Waals surface area contributed by atoms with Gasteiger partial charge in [0.2, 0.25) is 5.91 Å². The summed E-state index contributed by atoms with van der Waals surface area (Å²) in [4.78, 5) is 12.6. The van der Waals surface area contributed by atoms with Crippen LogP contribution < -0.4 is 5.32 Å². The summed E-state index contributed by atoms with van der Waals surface area (Å²) in [6, 6.07) is -0.798. The molecule has 0 heterocycles. The zero-order valence-electron chi connectivity index (χ0n) is 44.6. The Morgan fingerprint density at radius 1 is 0.379 bits per heavy atom. The van der Waals surface area contributed by atoms with Crippen LogP contribution in [0.4, 0.5) is 0 Å². The molecule has 0 saturated heterocycles. The van der Waals surface area contributed by atoms with Crippen molar-refractivity contribution in [3.63, 3.8) is 0 Å². The molecule has 4 N–H and O–H groups in total. The maximum Gasteiger partial charge on any atom is 0.249 e. The van der Waals surface area contributed by atoms with Crippen LogP contribution in [0.5, 0.6) is 0 Å². The number of hydrogen-bond donors (Lipinski definition) is 4. The first-order valence-corrected chi connectivity index (χ1v) is 29.8. The third kappa shape index (κ3) is 50.4. The van der Waals surface area contributed by atoms with E-state index in [-0.39, 0.29) is 6.61 Å². The molecule has 0 aromatic rings. The molecule has 0 aromatic carbocycles. The van der Waals surface area contributed by atoms with Gasteiger partial charge in [-0.2, -0.15) is 0 Å². The van der Waals surface area contributed by atoms with Crippen molar-refractivity contribution in [3.8, 4) is 0 Å². The fraction of sp³-hybridized carbons (Fsp3) is 0.885. The highest BCUT2D eigenvalue weighted by molar-refractivity contribution is 5.80. The molecule has 0 aliphatic rings. The lowest BCUT2D eigenvalue weighted by Crippen LogP contribution is -2.48. The van der Waals surface area contributed by atoms with Gasteiger partial charge in [-0.1, -0.05) is 307 Å². The number of carbonyl (C=O) groups is 1. The van der Waals surface area contributed by atoms with Crippen LogP contribution in [0.3, 0.4) is 0 Å². The standard InChI is InChI=1S/C61H117NO4/c1-3-5-7-9-11-13-15-17-19-21-23-25-26-27-28-29-30-31-32-33-34-35-36-38-40-42-44-46-48-50-52-54-56-60(65)61(66)62-58(57-63)59(64)55-53-51-49-47-45-43-41-39-37-24-22-20-18-16-14-12-10-8-6-4-2/h23,25,27-28,53,55,58-60,63-65H,3-22,24,26,29-52,54,56-57H2,1-2H3,(H,62,66)/b25-23-,28-27-,55-53+. The third-order valence-electron chi connectivity index (χ3n) is 14.0. The Morgan fingerprint density at radius 2 is 0.652 bits per heavy atom. The Bertz CT molecular complexity index is 1020. The predicted molar refractivity (Wildman–Crippen MR) is 291 cm³/mol.